The fraction of sp³-hybridized carbons (Fsp3) is 0.750. The van der Waals surface area contributed by atoms with Crippen molar-refractivity contribution in [3.8, 4) is 0 Å². The summed E-state index contributed by atoms with van der Waals surface area (Å²) in [6.07, 6.45) is 0. The average molecular weight is 246 g/mol. The molecule has 0 amide bonds. The Morgan fingerprint density at radius 1 is 1.08 bits per heavy atom. The Morgan fingerprint density at radius 3 is 1.46 bits per heavy atom. The van der Waals surface area contributed by atoms with Crippen LogP contribution in [0.5, 0.6) is 0 Å². The molecule has 0 saturated heterocycles. The van der Waals surface area contributed by atoms with E-state index >= 15 is 0 Å². The smallest absolute Gasteiger partial charge is 0.375 e. The van der Waals surface area contributed by atoms with Crippen LogP contribution >= 0.6 is 23.2 Å². The van der Waals surface area contributed by atoms with Crippen LogP contribution in [0.25, 0.3) is 0 Å². The predicted octanol–water partition coefficient (Wildman–Crippen LogP) is 1.11. The number of carbonyl (C=O) groups is 1. The van der Waals surface area contributed by atoms with Gasteiger partial charge in [0, 0.05) is 0 Å². The van der Waals surface area contributed by atoms with Crippen molar-refractivity contribution >= 4 is 29.2 Å². The summed E-state index contributed by atoms with van der Waals surface area (Å²) in [4.78, 5) is 9.54. The van der Waals surface area contributed by atoms with Gasteiger partial charge in [0.1, 0.15) is 5.97 Å². The largest absolute Gasteiger partial charge is 0.544 e. The summed E-state index contributed by atoms with van der Waals surface area (Å²) in [7, 11) is 0. The van der Waals surface area contributed by atoms with Crippen LogP contribution in [0.1, 0.15) is 0 Å². The van der Waals surface area contributed by atoms with Gasteiger partial charge < -0.3 is 9.90 Å². The van der Waals surface area contributed by atoms with Crippen molar-refractivity contribution in [1.82, 2.24) is 0 Å². The topological polar surface area (TPSA) is 40.1 Å². The monoisotopic (exact) mass is 245 g/mol. The Labute approximate surface area is 78.2 Å². The van der Waals surface area contributed by atoms with Gasteiger partial charge in [-0.25, -0.2) is 4.39 Å². The standard InChI is InChI=1S/C4HCl2F5O2/c5-3(9,4(6,10)11)2(7,8)1(12)13/h(H,12,13)/p-1/t3-/m1/s1. The number of carboxylic acids is 1. The number of carbonyl (C=O) groups excluding carboxylic acids is 1. The molecule has 0 aromatic heterocycles. The van der Waals surface area contributed by atoms with Crippen molar-refractivity contribution in [1.29, 1.82) is 0 Å². The van der Waals surface area contributed by atoms with Crippen molar-refractivity contribution in [3.05, 3.63) is 0 Å². The summed E-state index contributed by atoms with van der Waals surface area (Å²) >= 11 is 7.82. The first-order valence-electron chi connectivity index (χ1n) is 2.48. The zero-order valence-corrected chi connectivity index (χ0v) is 6.97. The van der Waals surface area contributed by atoms with Crippen LogP contribution in [-0.2, 0) is 4.79 Å². The normalized spacial score (nSPS) is 18.1. The van der Waals surface area contributed by atoms with E-state index in [0.717, 1.165) is 0 Å². The van der Waals surface area contributed by atoms with E-state index in [4.69, 9.17) is 0 Å². The number of hydrogen-bond donors (Lipinski definition) is 0. The van der Waals surface area contributed by atoms with Gasteiger partial charge in [-0.05, 0) is 11.6 Å². The third-order valence-electron chi connectivity index (χ3n) is 1.01. The second-order valence-corrected chi connectivity index (χ2v) is 2.93. The molecule has 0 spiro atoms. The zero-order valence-electron chi connectivity index (χ0n) is 5.46. The Kier molecular flexibility index (Phi) is 3.05. The van der Waals surface area contributed by atoms with Gasteiger partial charge in [0.15, 0.2) is 0 Å². The highest BCUT2D eigenvalue weighted by Crippen LogP contribution is 2.49. The van der Waals surface area contributed by atoms with Crippen molar-refractivity contribution < 1.29 is 31.9 Å². The minimum absolute atomic E-state index is 3.38. The first-order chi connectivity index (χ1) is 5.44. The van der Waals surface area contributed by atoms with Gasteiger partial charge in [-0.1, -0.05) is 11.6 Å². The van der Waals surface area contributed by atoms with Gasteiger partial charge in [0.25, 0.3) is 0 Å². The third kappa shape index (κ3) is 1.96. The first-order valence-corrected chi connectivity index (χ1v) is 3.24. The Morgan fingerprint density at radius 2 is 1.38 bits per heavy atom. The molecule has 0 saturated carbocycles. The maximum Gasteiger partial charge on any atom is 0.375 e. The van der Waals surface area contributed by atoms with E-state index in [2.05, 4.69) is 23.2 Å². The summed E-state index contributed by atoms with van der Waals surface area (Å²) in [5.41, 5.74) is 0. The second-order valence-electron chi connectivity index (χ2n) is 1.93. The quantitative estimate of drug-likeness (QED) is 0.552. The molecule has 13 heavy (non-hydrogen) atoms. The number of aliphatic carboxylic acids is 1. The Bertz CT molecular complexity index is 223. The molecule has 0 fully saturated rings. The molecule has 0 bridgehead atoms. The lowest BCUT2D eigenvalue weighted by molar-refractivity contribution is -0.340. The minimum Gasteiger partial charge on any atom is -0.544 e. The second kappa shape index (κ2) is 3.13. The Balaban J connectivity index is 5.16. The van der Waals surface area contributed by atoms with Crippen molar-refractivity contribution in [2.45, 2.75) is 16.4 Å². The summed E-state index contributed by atoms with van der Waals surface area (Å²) in [6.45, 7) is 0. The fourth-order valence-corrected chi connectivity index (χ4v) is 0.502. The molecule has 0 aliphatic rings. The molecule has 0 unspecified atom stereocenters. The summed E-state index contributed by atoms with van der Waals surface area (Å²) < 4.78 is 60.2. The predicted molar refractivity (Wildman–Crippen MR) is 30.4 cm³/mol. The average Bonchev–Trinajstić information content (AvgIpc) is 1.84. The highest BCUT2D eigenvalue weighted by molar-refractivity contribution is 6.34. The molecule has 1 atom stereocenters. The van der Waals surface area contributed by atoms with E-state index in [1.165, 1.54) is 0 Å². The van der Waals surface area contributed by atoms with Gasteiger partial charge in [0.2, 0.25) is 0 Å². The van der Waals surface area contributed by atoms with Gasteiger partial charge in [0.05, 0.1) is 0 Å². The molecule has 78 valence electrons. The van der Waals surface area contributed by atoms with Crippen LogP contribution < -0.4 is 5.11 Å². The van der Waals surface area contributed by atoms with Gasteiger partial charge >= 0.3 is 16.4 Å². The van der Waals surface area contributed by atoms with E-state index in [9.17, 15) is 31.9 Å². The molecule has 0 aromatic carbocycles. The lowest BCUT2D eigenvalue weighted by Crippen LogP contribution is -2.59. The molecule has 0 aromatic rings. The molecule has 0 rings (SSSR count). The number of alkyl halides is 7. The fourth-order valence-electron chi connectivity index (χ4n) is 0.306. The van der Waals surface area contributed by atoms with Crippen LogP contribution in [-0.4, -0.2) is 22.4 Å². The number of rotatable bonds is 3. The molecule has 0 N–H and O–H groups in total. The SMILES string of the molecule is O=C([O-])C(F)(F)[C@](F)(Cl)C(F)(F)Cl. The van der Waals surface area contributed by atoms with Crippen LogP contribution in [0.3, 0.4) is 0 Å². The van der Waals surface area contributed by atoms with Crippen molar-refractivity contribution in [2.24, 2.45) is 0 Å². The Hall–Kier alpha value is -0.300. The van der Waals surface area contributed by atoms with Crippen LogP contribution in [0.2, 0.25) is 0 Å². The molecule has 2 nitrogen and oxygen atoms in total. The van der Waals surface area contributed by atoms with Gasteiger partial charge in [-0.15, -0.1) is 0 Å². The van der Waals surface area contributed by atoms with E-state index in [1.807, 2.05) is 0 Å². The van der Waals surface area contributed by atoms with E-state index < -0.39 is 22.4 Å². The molecular weight excluding hydrogens is 246 g/mol. The molecule has 0 aliphatic heterocycles. The lowest BCUT2D eigenvalue weighted by Gasteiger charge is -2.30. The molecule has 0 aliphatic carbocycles. The van der Waals surface area contributed by atoms with E-state index in [0.29, 0.717) is 0 Å². The minimum atomic E-state index is -5.60. The van der Waals surface area contributed by atoms with E-state index in [-0.39, 0.29) is 0 Å². The van der Waals surface area contributed by atoms with Crippen LogP contribution in [0.4, 0.5) is 22.0 Å². The van der Waals surface area contributed by atoms with Crippen LogP contribution in [0.15, 0.2) is 0 Å². The maximum absolute atomic E-state index is 12.3. The first kappa shape index (κ1) is 12.7. The third-order valence-corrected chi connectivity index (χ3v) is 1.84. The number of halogens is 7. The van der Waals surface area contributed by atoms with Crippen LogP contribution in [0, 0.1) is 0 Å². The summed E-state index contributed by atoms with van der Waals surface area (Å²) in [5, 5.41) is -0.937. The molecule has 9 heteroatoms. The highest BCUT2D eigenvalue weighted by Gasteiger charge is 2.69. The zero-order chi connectivity index (χ0) is 11.1. The maximum atomic E-state index is 12.3. The molecule has 0 heterocycles. The number of carboxylic acid groups (broad SMARTS) is 1. The molecular formula is C4Cl2F5O2-. The molecule has 0 radical (unpaired) electrons. The van der Waals surface area contributed by atoms with Gasteiger partial charge in [-0.2, -0.15) is 17.6 Å². The number of hydrogen-bond acceptors (Lipinski definition) is 2. The van der Waals surface area contributed by atoms with Gasteiger partial charge in [-0.3, -0.25) is 0 Å². The van der Waals surface area contributed by atoms with Crippen molar-refractivity contribution in [2.75, 3.05) is 0 Å². The highest BCUT2D eigenvalue weighted by atomic mass is 35.5. The lowest BCUT2D eigenvalue weighted by atomic mass is 10.2. The summed E-state index contributed by atoms with van der Waals surface area (Å²) in [5.74, 6) is -8.98. The summed E-state index contributed by atoms with van der Waals surface area (Å²) in [6, 6.07) is 0. The van der Waals surface area contributed by atoms with Crippen molar-refractivity contribution in [3.63, 3.8) is 0 Å². The van der Waals surface area contributed by atoms with E-state index in [1.54, 1.807) is 0 Å².